The average Bonchev–Trinajstić information content (AvgIpc) is 2.43. The molecule has 0 saturated heterocycles. The fourth-order valence-electron chi connectivity index (χ4n) is 1.66. The van der Waals surface area contributed by atoms with Crippen LogP contribution >= 0.6 is 27.5 Å². The molecule has 2 aromatic rings. The largest absolute Gasteiger partial charge is 0.494 e. The monoisotopic (exact) mass is 340 g/mol. The van der Waals surface area contributed by atoms with Crippen LogP contribution in [0.1, 0.15) is 12.5 Å². The summed E-state index contributed by atoms with van der Waals surface area (Å²) in [5, 5.41) is 3.23. The molecular weight excluding hydrogens is 328 g/mol. The molecule has 1 N–H and O–H groups in total. The first kappa shape index (κ1) is 14.2. The minimum Gasteiger partial charge on any atom is -0.494 e. The predicted octanol–water partition coefficient (Wildman–Crippen LogP) is 4.73. The number of alkyl halides is 1. The zero-order valence-electron chi connectivity index (χ0n) is 10.5. The molecule has 0 aliphatic heterocycles. The van der Waals surface area contributed by atoms with Gasteiger partial charge in [0.2, 0.25) is 0 Å². The van der Waals surface area contributed by atoms with Crippen molar-refractivity contribution in [1.82, 2.24) is 4.98 Å². The van der Waals surface area contributed by atoms with E-state index in [0.29, 0.717) is 12.5 Å². The van der Waals surface area contributed by atoms with Gasteiger partial charge in [0.15, 0.2) is 0 Å². The zero-order chi connectivity index (χ0) is 13.7. The van der Waals surface area contributed by atoms with Crippen LogP contribution in [0, 0.1) is 0 Å². The van der Waals surface area contributed by atoms with Crippen LogP contribution in [0.4, 0.5) is 11.5 Å². The van der Waals surface area contributed by atoms with Crippen molar-refractivity contribution in [2.45, 2.75) is 12.8 Å². The van der Waals surface area contributed by atoms with Crippen LogP contribution < -0.4 is 10.1 Å². The highest BCUT2D eigenvalue weighted by atomic mass is 79.9. The Bertz CT molecular complexity index is 546. The van der Waals surface area contributed by atoms with E-state index in [9.17, 15) is 0 Å². The van der Waals surface area contributed by atoms with Crippen molar-refractivity contribution in [1.29, 1.82) is 0 Å². The molecule has 100 valence electrons. The molecule has 1 heterocycles. The molecule has 1 aromatic carbocycles. The Kier molecular flexibility index (Phi) is 5.05. The lowest BCUT2D eigenvalue weighted by Crippen LogP contribution is -1.98. The molecule has 0 bridgehead atoms. The minimum absolute atomic E-state index is 0.415. The van der Waals surface area contributed by atoms with Gasteiger partial charge in [0.1, 0.15) is 11.6 Å². The Labute approximate surface area is 126 Å². The topological polar surface area (TPSA) is 34.1 Å². The average molecular weight is 342 g/mol. The van der Waals surface area contributed by atoms with Crippen LogP contribution in [0.15, 0.2) is 41.0 Å². The maximum Gasteiger partial charge on any atom is 0.130 e. The van der Waals surface area contributed by atoms with E-state index >= 15 is 0 Å². The van der Waals surface area contributed by atoms with E-state index in [-0.39, 0.29) is 0 Å². The fraction of sp³-hybridized carbons (Fsp3) is 0.214. The first-order valence-corrected chi connectivity index (χ1v) is 7.26. The number of nitrogens with one attached hydrogen (secondary N) is 1. The second-order valence-corrected chi connectivity index (χ2v) is 5.06. The third-order valence-corrected chi connectivity index (χ3v) is 3.26. The van der Waals surface area contributed by atoms with Crippen molar-refractivity contribution in [2.24, 2.45) is 0 Å². The first-order chi connectivity index (χ1) is 9.22. The van der Waals surface area contributed by atoms with Gasteiger partial charge in [-0.25, -0.2) is 4.98 Å². The number of hydrogen-bond acceptors (Lipinski definition) is 3. The summed E-state index contributed by atoms with van der Waals surface area (Å²) in [6.45, 7) is 2.58. The number of hydrogen-bond donors (Lipinski definition) is 1. The van der Waals surface area contributed by atoms with E-state index in [1.54, 1.807) is 6.20 Å². The number of rotatable bonds is 5. The number of nitrogens with zero attached hydrogens (tertiary/aromatic N) is 1. The third kappa shape index (κ3) is 3.85. The molecule has 5 heteroatoms. The van der Waals surface area contributed by atoms with Gasteiger partial charge in [-0.15, -0.1) is 11.6 Å². The summed E-state index contributed by atoms with van der Waals surface area (Å²) >= 11 is 9.29. The Morgan fingerprint density at radius 2 is 2.16 bits per heavy atom. The standard InChI is InChI=1S/C14H14BrClN2O/c1-2-19-13-5-4-12(7-10(13)8-16)18-14-6-3-11(15)9-17-14/h3-7,9H,2,8H2,1H3,(H,17,18). The van der Waals surface area contributed by atoms with E-state index in [4.69, 9.17) is 16.3 Å². The van der Waals surface area contributed by atoms with E-state index < -0.39 is 0 Å². The molecule has 0 fully saturated rings. The molecule has 0 aliphatic carbocycles. The molecule has 0 atom stereocenters. The van der Waals surface area contributed by atoms with Gasteiger partial charge >= 0.3 is 0 Å². The Morgan fingerprint density at radius 1 is 1.32 bits per heavy atom. The first-order valence-electron chi connectivity index (χ1n) is 5.93. The van der Waals surface area contributed by atoms with E-state index in [0.717, 1.165) is 27.3 Å². The highest BCUT2D eigenvalue weighted by Gasteiger charge is 2.04. The molecule has 2 rings (SSSR count). The van der Waals surface area contributed by atoms with E-state index in [1.165, 1.54) is 0 Å². The molecule has 0 radical (unpaired) electrons. The van der Waals surface area contributed by atoms with Crippen molar-refractivity contribution in [2.75, 3.05) is 11.9 Å². The van der Waals surface area contributed by atoms with Crippen LogP contribution in [0.3, 0.4) is 0 Å². The van der Waals surface area contributed by atoms with Crippen LogP contribution in [0.2, 0.25) is 0 Å². The Balaban J connectivity index is 2.18. The molecule has 0 amide bonds. The van der Waals surface area contributed by atoms with Gasteiger partial charge < -0.3 is 10.1 Å². The van der Waals surface area contributed by atoms with Gasteiger partial charge in [-0.3, -0.25) is 0 Å². The van der Waals surface area contributed by atoms with Gasteiger partial charge in [0.05, 0.1) is 12.5 Å². The van der Waals surface area contributed by atoms with E-state index in [1.807, 2.05) is 37.3 Å². The molecular formula is C14H14BrClN2O. The van der Waals surface area contributed by atoms with Gasteiger partial charge in [0, 0.05) is 21.9 Å². The Morgan fingerprint density at radius 3 is 2.79 bits per heavy atom. The lowest BCUT2D eigenvalue weighted by molar-refractivity contribution is 0.337. The Hall–Kier alpha value is -1.26. The van der Waals surface area contributed by atoms with Gasteiger partial charge in [-0.1, -0.05) is 0 Å². The maximum absolute atomic E-state index is 5.93. The quantitative estimate of drug-likeness (QED) is 0.799. The summed E-state index contributed by atoms with van der Waals surface area (Å²) in [5.41, 5.74) is 1.90. The predicted molar refractivity (Wildman–Crippen MR) is 82.4 cm³/mol. The summed E-state index contributed by atoms with van der Waals surface area (Å²) < 4.78 is 6.46. The second-order valence-electron chi connectivity index (χ2n) is 3.88. The van der Waals surface area contributed by atoms with Crippen molar-refractivity contribution in [3.8, 4) is 5.75 Å². The number of pyridine rings is 1. The molecule has 0 saturated carbocycles. The number of ether oxygens (including phenoxy) is 1. The van der Waals surface area contributed by atoms with Crippen LogP contribution in [0.5, 0.6) is 5.75 Å². The maximum atomic E-state index is 5.93. The van der Waals surface area contributed by atoms with Crippen LogP contribution in [-0.2, 0) is 5.88 Å². The summed E-state index contributed by atoms with van der Waals surface area (Å²) in [6, 6.07) is 9.68. The van der Waals surface area contributed by atoms with Crippen LogP contribution in [0.25, 0.3) is 0 Å². The number of aromatic nitrogens is 1. The number of anilines is 2. The van der Waals surface area contributed by atoms with Crippen LogP contribution in [-0.4, -0.2) is 11.6 Å². The summed E-state index contributed by atoms with van der Waals surface area (Å²) in [6.07, 6.45) is 1.75. The fourth-order valence-corrected chi connectivity index (χ4v) is 2.10. The molecule has 0 spiro atoms. The van der Waals surface area contributed by atoms with E-state index in [2.05, 4.69) is 26.2 Å². The smallest absolute Gasteiger partial charge is 0.130 e. The summed E-state index contributed by atoms with van der Waals surface area (Å²) in [4.78, 5) is 4.27. The minimum atomic E-state index is 0.415. The van der Waals surface area contributed by atoms with Gasteiger partial charge in [-0.05, 0) is 53.2 Å². The lowest BCUT2D eigenvalue weighted by atomic mass is 10.2. The SMILES string of the molecule is CCOc1ccc(Nc2ccc(Br)cn2)cc1CCl. The number of halogens is 2. The van der Waals surface area contributed by atoms with Crippen molar-refractivity contribution in [3.63, 3.8) is 0 Å². The third-order valence-electron chi connectivity index (χ3n) is 2.50. The number of benzene rings is 1. The summed E-state index contributed by atoms with van der Waals surface area (Å²) in [7, 11) is 0. The normalized spacial score (nSPS) is 10.3. The molecule has 0 aliphatic rings. The van der Waals surface area contributed by atoms with Gasteiger partial charge in [-0.2, -0.15) is 0 Å². The van der Waals surface area contributed by atoms with Crippen molar-refractivity contribution in [3.05, 3.63) is 46.6 Å². The van der Waals surface area contributed by atoms with Gasteiger partial charge in [0.25, 0.3) is 0 Å². The molecule has 1 aromatic heterocycles. The molecule has 0 unspecified atom stereocenters. The highest BCUT2D eigenvalue weighted by molar-refractivity contribution is 9.10. The summed E-state index contributed by atoms with van der Waals surface area (Å²) in [5.74, 6) is 2.03. The zero-order valence-corrected chi connectivity index (χ0v) is 12.8. The van der Waals surface area contributed by atoms with Crippen molar-refractivity contribution >= 4 is 39.0 Å². The second kappa shape index (κ2) is 6.78. The molecule has 19 heavy (non-hydrogen) atoms. The van der Waals surface area contributed by atoms with Crippen molar-refractivity contribution < 1.29 is 4.74 Å². The lowest BCUT2D eigenvalue weighted by Gasteiger charge is -2.11. The molecule has 3 nitrogen and oxygen atoms in total. The highest BCUT2D eigenvalue weighted by Crippen LogP contribution is 2.26.